The summed E-state index contributed by atoms with van der Waals surface area (Å²) in [7, 11) is 0. The van der Waals surface area contributed by atoms with Crippen LogP contribution in [0.2, 0.25) is 0 Å². The van der Waals surface area contributed by atoms with Crippen LogP contribution in [0, 0.1) is 6.92 Å². The minimum Gasteiger partial charge on any atom is -0.461 e. The van der Waals surface area contributed by atoms with E-state index in [1.165, 1.54) is 0 Å². The third kappa shape index (κ3) is 3.40. The molecule has 1 N–H and O–H groups in total. The fourth-order valence-electron chi connectivity index (χ4n) is 1.67. The molecule has 0 fully saturated rings. The number of aryl methyl sites for hydroxylation is 2. The molecule has 0 radical (unpaired) electrons. The van der Waals surface area contributed by atoms with E-state index in [2.05, 4.69) is 29.4 Å². The zero-order valence-corrected chi connectivity index (χ0v) is 11.9. The van der Waals surface area contributed by atoms with Crippen LogP contribution in [0.25, 0.3) is 10.8 Å². The van der Waals surface area contributed by atoms with Crippen LogP contribution in [0.1, 0.15) is 30.8 Å². The van der Waals surface area contributed by atoms with Crippen molar-refractivity contribution >= 4 is 11.3 Å². The van der Waals surface area contributed by atoms with Gasteiger partial charge >= 0.3 is 0 Å². The first-order valence-electron chi connectivity index (χ1n) is 6.27. The quantitative estimate of drug-likeness (QED) is 0.816. The van der Waals surface area contributed by atoms with Crippen LogP contribution in [-0.2, 0) is 6.42 Å². The highest BCUT2D eigenvalue weighted by Gasteiger charge is 2.11. The number of furan rings is 1. The molecule has 0 aromatic carbocycles. The third-order valence-electron chi connectivity index (χ3n) is 2.64. The van der Waals surface area contributed by atoms with Crippen molar-refractivity contribution in [3.63, 3.8) is 0 Å². The highest BCUT2D eigenvalue weighted by Crippen LogP contribution is 2.27. The Hall–Kier alpha value is -1.20. The molecule has 0 unspecified atom stereocenters. The minimum atomic E-state index is 0.542. The Morgan fingerprint density at radius 2 is 2.22 bits per heavy atom. The van der Waals surface area contributed by atoms with Crippen LogP contribution < -0.4 is 5.32 Å². The van der Waals surface area contributed by atoms with E-state index in [-0.39, 0.29) is 0 Å². The molecule has 4 nitrogen and oxygen atoms in total. The van der Waals surface area contributed by atoms with E-state index in [0.717, 1.165) is 40.7 Å². The highest BCUT2D eigenvalue weighted by molar-refractivity contribution is 7.14. The van der Waals surface area contributed by atoms with Gasteiger partial charge in [0.15, 0.2) is 10.8 Å². The van der Waals surface area contributed by atoms with Gasteiger partial charge in [0.05, 0.1) is 6.26 Å². The zero-order valence-electron chi connectivity index (χ0n) is 11.1. The van der Waals surface area contributed by atoms with Gasteiger partial charge in [0.1, 0.15) is 5.01 Å². The summed E-state index contributed by atoms with van der Waals surface area (Å²) in [5.41, 5.74) is 1.11. The predicted octanol–water partition coefficient (Wildman–Crippen LogP) is 3.04. The maximum absolute atomic E-state index is 5.42. The maximum Gasteiger partial charge on any atom is 0.183 e. The molecule has 2 rings (SSSR count). The summed E-state index contributed by atoms with van der Waals surface area (Å²) < 4.78 is 5.42. The molecule has 0 amide bonds. The Morgan fingerprint density at radius 1 is 1.39 bits per heavy atom. The van der Waals surface area contributed by atoms with Crippen molar-refractivity contribution in [2.24, 2.45) is 0 Å². The molecule has 0 saturated heterocycles. The summed E-state index contributed by atoms with van der Waals surface area (Å²) in [6.07, 6.45) is 3.75. The van der Waals surface area contributed by atoms with Crippen LogP contribution in [0.4, 0.5) is 0 Å². The predicted molar refractivity (Wildman–Crippen MR) is 73.8 cm³/mol. The Bertz CT molecular complexity index is 490. The van der Waals surface area contributed by atoms with Crippen LogP contribution >= 0.6 is 11.3 Å². The molecule has 0 spiro atoms. The number of rotatable bonds is 6. The molecule has 2 heterocycles. The molecule has 0 aliphatic heterocycles. The van der Waals surface area contributed by atoms with Gasteiger partial charge in [-0.2, -0.15) is 0 Å². The van der Waals surface area contributed by atoms with E-state index in [9.17, 15) is 0 Å². The topological polar surface area (TPSA) is 51.0 Å². The standard InChI is InChI=1S/C13H19N3OS/c1-9(2)14-7-4-5-11-15-16-13(18-11)12-10(3)6-8-17-12/h6,8-9,14H,4-5,7H2,1-3H3. The van der Waals surface area contributed by atoms with E-state index >= 15 is 0 Å². The fourth-order valence-corrected chi connectivity index (χ4v) is 2.60. The summed E-state index contributed by atoms with van der Waals surface area (Å²) in [6.45, 7) is 7.35. The Morgan fingerprint density at radius 3 is 2.89 bits per heavy atom. The van der Waals surface area contributed by atoms with Crippen LogP contribution in [0.15, 0.2) is 16.7 Å². The van der Waals surface area contributed by atoms with Crippen molar-refractivity contribution in [1.82, 2.24) is 15.5 Å². The number of nitrogens with one attached hydrogen (secondary N) is 1. The van der Waals surface area contributed by atoms with Crippen LogP contribution in [-0.4, -0.2) is 22.8 Å². The number of nitrogens with zero attached hydrogens (tertiary/aromatic N) is 2. The molecule has 18 heavy (non-hydrogen) atoms. The summed E-state index contributed by atoms with van der Waals surface area (Å²) in [5.74, 6) is 0.846. The van der Waals surface area contributed by atoms with Gasteiger partial charge in [0, 0.05) is 12.5 Å². The number of hydrogen-bond acceptors (Lipinski definition) is 5. The fraction of sp³-hybridized carbons (Fsp3) is 0.538. The molecule has 2 aromatic heterocycles. The molecule has 0 bridgehead atoms. The Balaban J connectivity index is 1.89. The first-order chi connectivity index (χ1) is 8.66. The van der Waals surface area contributed by atoms with Crippen molar-refractivity contribution < 1.29 is 4.42 Å². The molecule has 0 saturated carbocycles. The van der Waals surface area contributed by atoms with Crippen molar-refractivity contribution in [3.05, 3.63) is 22.9 Å². The van der Waals surface area contributed by atoms with Crippen molar-refractivity contribution in [1.29, 1.82) is 0 Å². The normalized spacial score (nSPS) is 11.3. The van der Waals surface area contributed by atoms with Gasteiger partial charge < -0.3 is 9.73 Å². The molecule has 2 aromatic rings. The van der Waals surface area contributed by atoms with Gasteiger partial charge in [-0.25, -0.2) is 0 Å². The molecule has 98 valence electrons. The van der Waals surface area contributed by atoms with Crippen molar-refractivity contribution in [2.75, 3.05) is 6.54 Å². The van der Waals surface area contributed by atoms with E-state index in [1.807, 2.05) is 13.0 Å². The lowest BCUT2D eigenvalue weighted by atomic mass is 10.3. The molecular formula is C13H19N3OS. The molecule has 0 aliphatic rings. The lowest BCUT2D eigenvalue weighted by Crippen LogP contribution is -2.23. The number of aromatic nitrogens is 2. The van der Waals surface area contributed by atoms with Gasteiger partial charge in [-0.3, -0.25) is 0 Å². The average molecular weight is 265 g/mol. The van der Waals surface area contributed by atoms with Gasteiger partial charge in [-0.1, -0.05) is 25.2 Å². The molecule has 0 atom stereocenters. The second kappa shape index (κ2) is 6.11. The Labute approximate surface area is 111 Å². The first kappa shape index (κ1) is 13.2. The zero-order chi connectivity index (χ0) is 13.0. The van der Waals surface area contributed by atoms with E-state index < -0.39 is 0 Å². The Kier molecular flexibility index (Phi) is 4.49. The average Bonchev–Trinajstić information content (AvgIpc) is 2.92. The van der Waals surface area contributed by atoms with Crippen LogP contribution in [0.3, 0.4) is 0 Å². The highest BCUT2D eigenvalue weighted by atomic mass is 32.1. The van der Waals surface area contributed by atoms with Crippen molar-refractivity contribution in [3.8, 4) is 10.8 Å². The maximum atomic E-state index is 5.42. The van der Waals surface area contributed by atoms with Crippen molar-refractivity contribution in [2.45, 2.75) is 39.7 Å². The summed E-state index contributed by atoms with van der Waals surface area (Å²) in [4.78, 5) is 0. The first-order valence-corrected chi connectivity index (χ1v) is 7.08. The van der Waals surface area contributed by atoms with E-state index in [4.69, 9.17) is 4.42 Å². The van der Waals surface area contributed by atoms with Gasteiger partial charge in [0.25, 0.3) is 0 Å². The SMILES string of the molecule is Cc1ccoc1-c1nnc(CCCNC(C)C)s1. The lowest BCUT2D eigenvalue weighted by Gasteiger charge is -2.05. The second-order valence-corrected chi connectivity index (χ2v) is 5.71. The van der Waals surface area contributed by atoms with Gasteiger partial charge in [-0.15, -0.1) is 10.2 Å². The van der Waals surface area contributed by atoms with E-state index in [1.54, 1.807) is 17.6 Å². The largest absolute Gasteiger partial charge is 0.461 e. The number of hydrogen-bond donors (Lipinski definition) is 1. The summed E-state index contributed by atoms with van der Waals surface area (Å²) >= 11 is 1.62. The van der Waals surface area contributed by atoms with Gasteiger partial charge in [-0.05, 0) is 31.5 Å². The molecular weight excluding hydrogens is 246 g/mol. The smallest absolute Gasteiger partial charge is 0.183 e. The third-order valence-corrected chi connectivity index (χ3v) is 3.62. The van der Waals surface area contributed by atoms with Crippen LogP contribution in [0.5, 0.6) is 0 Å². The molecule has 5 heteroatoms. The van der Waals surface area contributed by atoms with E-state index in [0.29, 0.717) is 6.04 Å². The van der Waals surface area contributed by atoms with Gasteiger partial charge in [0.2, 0.25) is 0 Å². The minimum absolute atomic E-state index is 0.542. The summed E-state index contributed by atoms with van der Waals surface area (Å²) in [5, 5.41) is 13.7. The lowest BCUT2D eigenvalue weighted by molar-refractivity contribution is 0.569. The molecule has 0 aliphatic carbocycles. The second-order valence-electron chi connectivity index (χ2n) is 4.65. The monoisotopic (exact) mass is 265 g/mol. The summed E-state index contributed by atoms with van der Waals surface area (Å²) in [6, 6.07) is 2.49.